The second-order valence-corrected chi connectivity index (χ2v) is 14.0. The molecule has 1 saturated carbocycles. The number of esters is 1. The Morgan fingerprint density at radius 1 is 1.09 bits per heavy atom. The van der Waals surface area contributed by atoms with Gasteiger partial charge in [-0.05, 0) is 66.3 Å². The Hall–Kier alpha value is -2.84. The van der Waals surface area contributed by atoms with Gasteiger partial charge in [0.25, 0.3) is 0 Å². The lowest BCUT2D eigenvalue weighted by Crippen LogP contribution is -2.40. The van der Waals surface area contributed by atoms with Crippen molar-refractivity contribution in [3.8, 4) is 17.2 Å². The third-order valence-electron chi connectivity index (χ3n) is 7.04. The lowest BCUT2D eigenvalue weighted by atomic mass is 10.0. The predicted octanol–water partition coefficient (Wildman–Crippen LogP) is 6.38. The fraction of sp³-hybridized carbons (Fsp3) is 0.379. The Balaban J connectivity index is 1.45. The number of methoxy groups -OCH3 is 1. The van der Waals surface area contributed by atoms with Crippen molar-refractivity contribution >= 4 is 51.0 Å². The minimum absolute atomic E-state index is 0.00225. The SMILES string of the molecule is COc1ccc(S(=O)(=O)N2CCS[C@H]2C(=O)O[C@@H](Cc2c(Cl)cncc2Cl)c2ccc(OC(F)F)c(OCC3CC3)c2)cc1. The first kappa shape index (κ1) is 32.6. The smallest absolute Gasteiger partial charge is 0.387 e. The minimum Gasteiger partial charge on any atom is -0.497 e. The average molecular weight is 690 g/mol. The first-order valence-electron chi connectivity index (χ1n) is 13.5. The molecule has 2 aromatic carbocycles. The molecule has 15 heteroatoms. The van der Waals surface area contributed by atoms with Gasteiger partial charge in [-0.25, -0.2) is 13.2 Å². The average Bonchev–Trinajstić information content (AvgIpc) is 3.69. The molecular weight excluding hydrogens is 661 g/mol. The minimum atomic E-state index is -4.07. The van der Waals surface area contributed by atoms with Crippen LogP contribution in [0, 0.1) is 5.92 Å². The summed E-state index contributed by atoms with van der Waals surface area (Å²) in [6, 6.07) is 10.1. The van der Waals surface area contributed by atoms with E-state index >= 15 is 0 Å². The molecule has 0 amide bonds. The van der Waals surface area contributed by atoms with E-state index in [0.29, 0.717) is 35.2 Å². The number of aromatic nitrogens is 1. The molecule has 9 nitrogen and oxygen atoms in total. The van der Waals surface area contributed by atoms with Gasteiger partial charge in [-0.3, -0.25) is 4.98 Å². The second-order valence-electron chi connectivity index (χ2n) is 10.1. The number of carbonyl (C=O) groups excluding carboxylic acids is 1. The van der Waals surface area contributed by atoms with E-state index < -0.39 is 34.1 Å². The monoisotopic (exact) mass is 688 g/mol. The van der Waals surface area contributed by atoms with Crippen LogP contribution in [0.1, 0.15) is 30.1 Å². The maximum atomic E-state index is 13.7. The summed E-state index contributed by atoms with van der Waals surface area (Å²) < 4.78 is 76.0. The van der Waals surface area contributed by atoms with Crippen LogP contribution in [0.15, 0.2) is 59.8 Å². The topological polar surface area (TPSA) is 104 Å². The number of halogens is 4. The highest BCUT2D eigenvalue weighted by Gasteiger charge is 2.42. The largest absolute Gasteiger partial charge is 0.497 e. The molecule has 3 aromatic rings. The molecular formula is C29H28Cl2F2N2O7S2. The van der Waals surface area contributed by atoms with Crippen molar-refractivity contribution in [1.82, 2.24) is 9.29 Å². The van der Waals surface area contributed by atoms with Gasteiger partial charge in [0.05, 0.1) is 28.7 Å². The summed E-state index contributed by atoms with van der Waals surface area (Å²) in [5, 5.41) is -0.735. The Morgan fingerprint density at radius 2 is 1.80 bits per heavy atom. The lowest BCUT2D eigenvalue weighted by Gasteiger charge is -2.26. The Morgan fingerprint density at radius 3 is 2.43 bits per heavy atom. The van der Waals surface area contributed by atoms with Crippen molar-refractivity contribution < 1.29 is 40.9 Å². The third-order valence-corrected chi connectivity index (χ3v) is 10.9. The third kappa shape index (κ3) is 7.68. The summed E-state index contributed by atoms with van der Waals surface area (Å²) in [5.41, 5.74) is 0.804. The van der Waals surface area contributed by atoms with E-state index in [1.165, 1.54) is 62.0 Å². The zero-order chi connectivity index (χ0) is 31.4. The quantitative estimate of drug-likeness (QED) is 0.189. The number of sulfonamides is 1. The van der Waals surface area contributed by atoms with E-state index in [1.54, 1.807) is 0 Å². The van der Waals surface area contributed by atoms with Gasteiger partial charge in [0, 0.05) is 31.1 Å². The van der Waals surface area contributed by atoms with Crippen LogP contribution in [0.3, 0.4) is 0 Å². The normalized spacial score (nSPS) is 17.8. The number of hydrogen-bond donors (Lipinski definition) is 0. The first-order chi connectivity index (χ1) is 21.1. The van der Waals surface area contributed by atoms with Gasteiger partial charge in [-0.2, -0.15) is 13.1 Å². The molecule has 236 valence electrons. The zero-order valence-corrected chi connectivity index (χ0v) is 26.5. The summed E-state index contributed by atoms with van der Waals surface area (Å²) in [5.74, 6) is 0.237. The molecule has 1 saturated heterocycles. The highest BCUT2D eigenvalue weighted by atomic mass is 35.5. The van der Waals surface area contributed by atoms with E-state index in [0.717, 1.165) is 28.9 Å². The standard InChI is InChI=1S/C29H28Cl2F2N2O7S2/c1-39-19-5-7-20(8-6-19)44(37,38)35-10-11-43-27(35)28(36)41-25(13-21-22(30)14-34-15-23(21)31)18-4-9-24(42-29(32)33)26(12-18)40-16-17-2-3-17/h4-9,12,14-15,17,25,27,29H,2-3,10-11,13,16H2,1H3/t25-,27-/m0/s1. The highest BCUT2D eigenvalue weighted by Crippen LogP contribution is 2.39. The van der Waals surface area contributed by atoms with Gasteiger partial charge >= 0.3 is 12.6 Å². The molecule has 1 aliphatic carbocycles. The van der Waals surface area contributed by atoms with Gasteiger partial charge in [0.1, 0.15) is 11.9 Å². The van der Waals surface area contributed by atoms with Crippen molar-refractivity contribution in [2.45, 2.75) is 42.2 Å². The van der Waals surface area contributed by atoms with E-state index in [2.05, 4.69) is 9.72 Å². The number of hydrogen-bond acceptors (Lipinski definition) is 9. The van der Waals surface area contributed by atoms with Crippen molar-refractivity contribution in [3.05, 3.63) is 76.0 Å². The second kappa shape index (κ2) is 14.1. The Bertz CT molecular complexity index is 1570. The Labute approximate surface area is 267 Å². The fourth-order valence-electron chi connectivity index (χ4n) is 4.54. The predicted molar refractivity (Wildman–Crippen MR) is 161 cm³/mol. The van der Waals surface area contributed by atoms with E-state index in [9.17, 15) is 22.0 Å². The molecule has 1 aliphatic heterocycles. The van der Waals surface area contributed by atoms with Gasteiger partial charge in [0.15, 0.2) is 16.9 Å². The molecule has 5 rings (SSSR count). The Kier molecular flexibility index (Phi) is 10.4. The highest BCUT2D eigenvalue weighted by molar-refractivity contribution is 8.02. The number of nitrogens with zero attached hydrogens (tertiary/aromatic N) is 2. The van der Waals surface area contributed by atoms with E-state index in [1.807, 2.05) is 0 Å². The van der Waals surface area contributed by atoms with Gasteiger partial charge < -0.3 is 18.9 Å². The van der Waals surface area contributed by atoms with Crippen LogP contribution in [0.2, 0.25) is 10.0 Å². The molecule has 0 spiro atoms. The number of ether oxygens (including phenoxy) is 4. The maximum Gasteiger partial charge on any atom is 0.387 e. The van der Waals surface area contributed by atoms with Crippen LogP contribution in [-0.4, -0.2) is 61.7 Å². The van der Waals surface area contributed by atoms with E-state index in [-0.39, 0.29) is 39.4 Å². The summed E-state index contributed by atoms with van der Waals surface area (Å²) in [6.45, 7) is -2.68. The van der Waals surface area contributed by atoms with Crippen molar-refractivity contribution in [2.75, 3.05) is 26.0 Å². The van der Waals surface area contributed by atoms with Crippen LogP contribution in [0.4, 0.5) is 8.78 Å². The molecule has 0 radical (unpaired) electrons. The zero-order valence-electron chi connectivity index (χ0n) is 23.3. The number of thioether (sulfide) groups is 1. The summed E-state index contributed by atoms with van der Waals surface area (Å²) in [6.07, 6.45) is 3.64. The van der Waals surface area contributed by atoms with Crippen molar-refractivity contribution in [3.63, 3.8) is 0 Å². The van der Waals surface area contributed by atoms with Crippen LogP contribution in [-0.2, 0) is 26.0 Å². The van der Waals surface area contributed by atoms with Crippen LogP contribution in [0.5, 0.6) is 17.2 Å². The van der Waals surface area contributed by atoms with Crippen LogP contribution in [0.25, 0.3) is 0 Å². The summed E-state index contributed by atoms with van der Waals surface area (Å²) in [4.78, 5) is 17.7. The molecule has 2 aliphatic rings. The number of rotatable bonds is 13. The molecule has 2 atom stereocenters. The fourth-order valence-corrected chi connectivity index (χ4v) is 8.10. The number of benzene rings is 2. The summed E-state index contributed by atoms with van der Waals surface area (Å²) >= 11 is 13.9. The molecule has 0 bridgehead atoms. The molecule has 0 N–H and O–H groups in total. The van der Waals surface area contributed by atoms with Crippen LogP contribution >= 0.6 is 35.0 Å². The van der Waals surface area contributed by atoms with Crippen LogP contribution < -0.4 is 14.2 Å². The molecule has 2 heterocycles. The number of alkyl halides is 2. The number of carbonyl (C=O) groups is 1. The molecule has 2 fully saturated rings. The molecule has 1 aromatic heterocycles. The maximum absolute atomic E-state index is 13.7. The van der Waals surface area contributed by atoms with Gasteiger partial charge in [-0.1, -0.05) is 29.3 Å². The summed E-state index contributed by atoms with van der Waals surface area (Å²) in [7, 11) is -2.60. The van der Waals surface area contributed by atoms with E-state index in [4.69, 9.17) is 37.4 Å². The molecule has 44 heavy (non-hydrogen) atoms. The van der Waals surface area contributed by atoms with Gasteiger partial charge in [0.2, 0.25) is 10.0 Å². The van der Waals surface area contributed by atoms with Gasteiger partial charge in [-0.15, -0.1) is 11.8 Å². The first-order valence-corrected chi connectivity index (χ1v) is 16.8. The number of pyridine rings is 1. The van der Waals surface area contributed by atoms with Crippen molar-refractivity contribution in [2.24, 2.45) is 5.92 Å². The molecule has 0 unspecified atom stereocenters. The lowest BCUT2D eigenvalue weighted by molar-refractivity contribution is -0.150. The van der Waals surface area contributed by atoms with Crippen molar-refractivity contribution in [1.29, 1.82) is 0 Å².